The molecule has 0 aliphatic carbocycles. The lowest BCUT2D eigenvalue weighted by molar-refractivity contribution is -0.0600. The average Bonchev–Trinajstić information content (AvgIpc) is 2.53. The number of hydrogen-bond donors (Lipinski definition) is 3. The van der Waals surface area contributed by atoms with E-state index in [1.165, 1.54) is 5.56 Å². The van der Waals surface area contributed by atoms with Crippen LogP contribution >= 0.6 is 0 Å². The van der Waals surface area contributed by atoms with Gasteiger partial charge in [-0.2, -0.15) is 0 Å². The molecule has 1 aromatic rings. The van der Waals surface area contributed by atoms with E-state index >= 15 is 0 Å². The zero-order chi connectivity index (χ0) is 17.8. The highest BCUT2D eigenvalue weighted by atomic mass is 16.5. The van der Waals surface area contributed by atoms with Crippen LogP contribution in [0.4, 0.5) is 4.79 Å². The first-order valence-electron chi connectivity index (χ1n) is 8.65. The third kappa shape index (κ3) is 5.21. The van der Waals surface area contributed by atoms with Gasteiger partial charge < -0.3 is 20.5 Å². The molecule has 0 bridgehead atoms. The summed E-state index contributed by atoms with van der Waals surface area (Å²) in [4.78, 5) is 12.1. The van der Waals surface area contributed by atoms with Crippen molar-refractivity contribution in [1.82, 2.24) is 10.6 Å². The summed E-state index contributed by atoms with van der Waals surface area (Å²) < 4.78 is 5.24. The van der Waals surface area contributed by atoms with Gasteiger partial charge in [-0.3, -0.25) is 0 Å². The summed E-state index contributed by atoms with van der Waals surface area (Å²) in [5.74, 6) is 0. The summed E-state index contributed by atoms with van der Waals surface area (Å²) in [5, 5.41) is 16.0. The Morgan fingerprint density at radius 1 is 1.25 bits per heavy atom. The van der Waals surface area contributed by atoms with E-state index in [0.717, 1.165) is 5.56 Å². The molecule has 0 radical (unpaired) electrons. The van der Waals surface area contributed by atoms with Gasteiger partial charge in [0.05, 0.1) is 11.6 Å². The fourth-order valence-electron chi connectivity index (χ4n) is 2.78. The second kappa shape index (κ2) is 7.53. The van der Waals surface area contributed by atoms with Crippen LogP contribution in [0.3, 0.4) is 0 Å². The largest absolute Gasteiger partial charge is 0.388 e. The maximum absolute atomic E-state index is 12.1. The van der Waals surface area contributed by atoms with Crippen molar-refractivity contribution in [2.24, 2.45) is 0 Å². The summed E-state index contributed by atoms with van der Waals surface area (Å²) in [6.07, 6.45) is 1.11. The van der Waals surface area contributed by atoms with Gasteiger partial charge in [-0.05, 0) is 23.5 Å². The van der Waals surface area contributed by atoms with Gasteiger partial charge in [0.1, 0.15) is 0 Å². The Kier molecular flexibility index (Phi) is 5.88. The summed E-state index contributed by atoms with van der Waals surface area (Å²) in [6, 6.07) is 7.96. The van der Waals surface area contributed by atoms with Gasteiger partial charge in [-0.15, -0.1) is 0 Å². The minimum atomic E-state index is -0.854. The molecule has 1 unspecified atom stereocenters. The average molecular weight is 334 g/mol. The van der Waals surface area contributed by atoms with Gasteiger partial charge in [0.25, 0.3) is 0 Å². The molecule has 1 atom stereocenters. The number of urea groups is 1. The molecule has 1 aliphatic rings. The Morgan fingerprint density at radius 3 is 2.38 bits per heavy atom. The number of benzene rings is 1. The van der Waals surface area contributed by atoms with E-state index in [0.29, 0.717) is 26.1 Å². The molecule has 1 saturated heterocycles. The van der Waals surface area contributed by atoms with E-state index in [1.54, 1.807) is 0 Å². The Balaban J connectivity index is 1.85. The molecule has 2 rings (SSSR count). The highest BCUT2D eigenvalue weighted by Crippen LogP contribution is 2.24. The van der Waals surface area contributed by atoms with Crippen LogP contribution in [-0.2, 0) is 10.2 Å². The lowest BCUT2D eigenvalue weighted by Crippen LogP contribution is -2.49. The fourth-order valence-corrected chi connectivity index (χ4v) is 2.78. The van der Waals surface area contributed by atoms with E-state index in [4.69, 9.17) is 4.74 Å². The van der Waals surface area contributed by atoms with Crippen molar-refractivity contribution in [3.8, 4) is 0 Å². The number of carbonyl (C=O) groups excluding carboxylic acids is 1. The standard InChI is InChI=1S/C19H30N2O3/c1-14(15-5-7-16(8-6-15)18(2,3)4)21-17(22)20-13-19(23)9-11-24-12-10-19/h5-8,14,23H,9-13H2,1-4H3,(H2,20,21,22). The third-order valence-corrected chi connectivity index (χ3v) is 4.63. The minimum absolute atomic E-state index is 0.0941. The van der Waals surface area contributed by atoms with Crippen LogP contribution in [0.2, 0.25) is 0 Å². The van der Waals surface area contributed by atoms with E-state index in [9.17, 15) is 9.90 Å². The lowest BCUT2D eigenvalue weighted by atomic mass is 9.86. The molecule has 24 heavy (non-hydrogen) atoms. The highest BCUT2D eigenvalue weighted by molar-refractivity contribution is 5.74. The topological polar surface area (TPSA) is 70.6 Å². The van der Waals surface area contributed by atoms with E-state index in [1.807, 2.05) is 6.92 Å². The Bertz CT molecular complexity index is 543. The second-order valence-corrected chi connectivity index (χ2v) is 7.76. The lowest BCUT2D eigenvalue weighted by Gasteiger charge is -2.32. The first kappa shape index (κ1) is 18.7. The molecule has 1 aromatic carbocycles. The molecule has 2 amide bonds. The zero-order valence-electron chi connectivity index (χ0n) is 15.2. The third-order valence-electron chi connectivity index (χ3n) is 4.63. The number of aliphatic hydroxyl groups is 1. The number of amides is 2. The van der Waals surface area contributed by atoms with Gasteiger partial charge in [-0.1, -0.05) is 45.0 Å². The Hall–Kier alpha value is -1.59. The van der Waals surface area contributed by atoms with Crippen molar-refractivity contribution in [2.45, 2.75) is 57.6 Å². The summed E-state index contributed by atoms with van der Waals surface area (Å²) >= 11 is 0. The predicted molar refractivity (Wildman–Crippen MR) is 95.1 cm³/mol. The molecular formula is C19H30N2O3. The summed E-state index contributed by atoms with van der Waals surface area (Å²) in [5.41, 5.74) is 1.59. The van der Waals surface area contributed by atoms with Gasteiger partial charge in [0.15, 0.2) is 0 Å². The molecule has 5 heteroatoms. The quantitative estimate of drug-likeness (QED) is 0.793. The minimum Gasteiger partial charge on any atom is -0.388 e. The van der Waals surface area contributed by atoms with E-state index in [2.05, 4.69) is 55.7 Å². The number of rotatable bonds is 4. The fraction of sp³-hybridized carbons (Fsp3) is 0.632. The van der Waals surface area contributed by atoms with Crippen molar-refractivity contribution < 1.29 is 14.6 Å². The zero-order valence-corrected chi connectivity index (χ0v) is 15.2. The molecular weight excluding hydrogens is 304 g/mol. The highest BCUT2D eigenvalue weighted by Gasteiger charge is 2.30. The molecule has 1 aliphatic heterocycles. The van der Waals surface area contributed by atoms with Gasteiger partial charge >= 0.3 is 6.03 Å². The van der Waals surface area contributed by atoms with Crippen LogP contribution in [0.15, 0.2) is 24.3 Å². The van der Waals surface area contributed by atoms with Crippen molar-refractivity contribution in [2.75, 3.05) is 19.8 Å². The maximum Gasteiger partial charge on any atom is 0.315 e. The van der Waals surface area contributed by atoms with Crippen LogP contribution in [0.25, 0.3) is 0 Å². The molecule has 1 heterocycles. The maximum atomic E-state index is 12.1. The first-order valence-corrected chi connectivity index (χ1v) is 8.65. The number of carbonyl (C=O) groups is 1. The molecule has 3 N–H and O–H groups in total. The van der Waals surface area contributed by atoms with Crippen molar-refractivity contribution in [3.05, 3.63) is 35.4 Å². The van der Waals surface area contributed by atoms with Crippen LogP contribution in [0.1, 0.15) is 57.7 Å². The summed E-state index contributed by atoms with van der Waals surface area (Å²) in [6.45, 7) is 9.81. The number of hydrogen-bond acceptors (Lipinski definition) is 3. The van der Waals surface area contributed by atoms with Gasteiger partial charge in [-0.25, -0.2) is 4.79 Å². The second-order valence-electron chi connectivity index (χ2n) is 7.76. The normalized spacial score (nSPS) is 18.7. The predicted octanol–water partition coefficient (Wildman–Crippen LogP) is 2.89. The van der Waals surface area contributed by atoms with Crippen LogP contribution in [0.5, 0.6) is 0 Å². The Labute approximate surface area is 144 Å². The number of nitrogens with one attached hydrogen (secondary N) is 2. The molecule has 0 aromatic heterocycles. The van der Waals surface area contributed by atoms with Gasteiger partial charge in [0, 0.05) is 32.6 Å². The first-order chi connectivity index (χ1) is 11.2. The molecule has 0 saturated carbocycles. The van der Waals surface area contributed by atoms with Crippen LogP contribution in [-0.4, -0.2) is 36.5 Å². The molecule has 1 fully saturated rings. The SMILES string of the molecule is CC(NC(=O)NCC1(O)CCOCC1)c1ccc(C(C)(C)C)cc1. The Morgan fingerprint density at radius 2 is 1.83 bits per heavy atom. The number of ether oxygens (including phenoxy) is 1. The molecule has 5 nitrogen and oxygen atoms in total. The molecule has 0 spiro atoms. The van der Waals surface area contributed by atoms with Gasteiger partial charge in [0.2, 0.25) is 0 Å². The van der Waals surface area contributed by atoms with E-state index in [-0.39, 0.29) is 24.0 Å². The monoisotopic (exact) mass is 334 g/mol. The van der Waals surface area contributed by atoms with Crippen molar-refractivity contribution >= 4 is 6.03 Å². The smallest absolute Gasteiger partial charge is 0.315 e. The van der Waals surface area contributed by atoms with Crippen LogP contribution < -0.4 is 10.6 Å². The molecule has 134 valence electrons. The van der Waals surface area contributed by atoms with Crippen molar-refractivity contribution in [3.63, 3.8) is 0 Å². The van der Waals surface area contributed by atoms with E-state index < -0.39 is 5.60 Å². The van der Waals surface area contributed by atoms with Crippen LogP contribution in [0, 0.1) is 0 Å². The summed E-state index contributed by atoms with van der Waals surface area (Å²) in [7, 11) is 0. The van der Waals surface area contributed by atoms with Crippen molar-refractivity contribution in [1.29, 1.82) is 0 Å².